The van der Waals surface area contributed by atoms with Gasteiger partial charge in [0.1, 0.15) is 6.61 Å². The van der Waals surface area contributed by atoms with Crippen LogP contribution in [-0.4, -0.2) is 16.4 Å². The highest BCUT2D eigenvalue weighted by Crippen LogP contribution is 2.26. The van der Waals surface area contributed by atoms with Gasteiger partial charge in [0, 0.05) is 6.42 Å². The lowest BCUT2D eigenvalue weighted by Crippen LogP contribution is -2.17. The molecule has 1 aromatic rings. The molecule has 1 aromatic carbocycles. The van der Waals surface area contributed by atoms with Crippen LogP contribution in [0.25, 0.3) is 0 Å². The molecule has 19 heavy (non-hydrogen) atoms. The minimum Gasteiger partial charge on any atom is -0.461 e. The maximum Gasteiger partial charge on any atom is 0.305 e. The first-order valence-corrected chi connectivity index (χ1v) is 7.37. The normalized spacial score (nSPS) is 11.3. The van der Waals surface area contributed by atoms with Gasteiger partial charge < -0.3 is 4.74 Å². The molecule has 0 aromatic heterocycles. The van der Waals surface area contributed by atoms with Crippen LogP contribution in [0.3, 0.4) is 0 Å². The second kappa shape index (κ2) is 8.68. The fourth-order valence-corrected chi connectivity index (χ4v) is 1.82. The number of unbranched alkanes of at least 4 members (excludes halogenated alkanes) is 2. The van der Waals surface area contributed by atoms with E-state index in [1.165, 1.54) is 5.56 Å². The molecule has 0 saturated heterocycles. The number of halogens is 3. The molecular weight excluding hydrogens is 307 g/mol. The molecule has 2 nitrogen and oxygen atoms in total. The lowest BCUT2D eigenvalue weighted by molar-refractivity contribution is -0.143. The van der Waals surface area contributed by atoms with Gasteiger partial charge >= 0.3 is 5.97 Å². The van der Waals surface area contributed by atoms with Gasteiger partial charge in [-0.15, -0.1) is 0 Å². The van der Waals surface area contributed by atoms with E-state index in [1.54, 1.807) is 0 Å². The number of ether oxygens (including phenoxy) is 1. The molecule has 0 spiro atoms. The lowest BCUT2D eigenvalue weighted by Gasteiger charge is -2.11. The largest absolute Gasteiger partial charge is 0.461 e. The maximum absolute atomic E-state index is 11.3. The summed E-state index contributed by atoms with van der Waals surface area (Å²) in [6, 6.07) is 10.3. The third-order valence-corrected chi connectivity index (χ3v) is 2.91. The molecule has 0 atom stereocenters. The summed E-state index contributed by atoms with van der Waals surface area (Å²) in [6.45, 7) is -0.194. The van der Waals surface area contributed by atoms with Crippen molar-refractivity contribution in [1.29, 1.82) is 0 Å². The Bertz CT molecular complexity index is 374. The number of rotatable bonds is 7. The van der Waals surface area contributed by atoms with Crippen molar-refractivity contribution in [2.45, 2.75) is 35.9 Å². The second-order valence-corrected chi connectivity index (χ2v) is 6.84. The number of carbonyl (C=O) groups is 1. The number of hydrogen-bond acceptors (Lipinski definition) is 2. The molecule has 0 unspecified atom stereocenters. The summed E-state index contributed by atoms with van der Waals surface area (Å²) in [7, 11) is 0. The first kappa shape index (κ1) is 16.6. The van der Waals surface area contributed by atoms with Crippen LogP contribution in [0, 0.1) is 0 Å². The van der Waals surface area contributed by atoms with Crippen molar-refractivity contribution >= 4 is 40.8 Å². The average molecular weight is 324 g/mol. The van der Waals surface area contributed by atoms with Crippen LogP contribution in [0.2, 0.25) is 0 Å². The molecular formula is C14H17Cl3O2. The summed E-state index contributed by atoms with van der Waals surface area (Å²) in [5.41, 5.74) is 1.32. The van der Waals surface area contributed by atoms with Crippen LogP contribution in [0.1, 0.15) is 31.2 Å². The van der Waals surface area contributed by atoms with E-state index in [2.05, 4.69) is 12.1 Å². The van der Waals surface area contributed by atoms with E-state index >= 15 is 0 Å². The van der Waals surface area contributed by atoms with E-state index in [9.17, 15) is 4.79 Å². The predicted molar refractivity (Wildman–Crippen MR) is 79.9 cm³/mol. The summed E-state index contributed by atoms with van der Waals surface area (Å²) in [6.07, 6.45) is 4.24. The molecule has 5 heteroatoms. The average Bonchev–Trinajstić information content (AvgIpc) is 2.36. The Morgan fingerprint density at radius 1 is 1.05 bits per heavy atom. The minimum atomic E-state index is -1.52. The number of carbonyl (C=O) groups excluding carboxylic acids is 1. The predicted octanol–water partition coefficient (Wildman–Crippen LogP) is 4.70. The van der Waals surface area contributed by atoms with Gasteiger partial charge in [0.25, 0.3) is 0 Å². The SMILES string of the molecule is O=C(CCCCCc1ccccc1)OCC(Cl)(Cl)Cl. The fraction of sp³-hybridized carbons (Fsp3) is 0.500. The Labute approximate surface area is 129 Å². The molecule has 0 aliphatic heterocycles. The molecule has 0 aliphatic carbocycles. The van der Waals surface area contributed by atoms with Gasteiger partial charge in [0.15, 0.2) is 0 Å². The summed E-state index contributed by atoms with van der Waals surface area (Å²) >= 11 is 16.4. The van der Waals surface area contributed by atoms with Crippen molar-refractivity contribution < 1.29 is 9.53 Å². The molecule has 0 N–H and O–H groups in total. The molecule has 106 valence electrons. The van der Waals surface area contributed by atoms with Gasteiger partial charge in [-0.3, -0.25) is 4.79 Å². The van der Waals surface area contributed by atoms with Crippen LogP contribution in [0.4, 0.5) is 0 Å². The zero-order valence-corrected chi connectivity index (χ0v) is 12.8. The van der Waals surface area contributed by atoms with Crippen LogP contribution >= 0.6 is 34.8 Å². The smallest absolute Gasteiger partial charge is 0.305 e. The molecule has 0 bridgehead atoms. The Morgan fingerprint density at radius 2 is 1.74 bits per heavy atom. The molecule has 0 aliphatic rings. The molecule has 0 heterocycles. The highest BCUT2D eigenvalue weighted by molar-refractivity contribution is 6.67. The van der Waals surface area contributed by atoms with E-state index in [0.29, 0.717) is 6.42 Å². The van der Waals surface area contributed by atoms with Crippen molar-refractivity contribution in [2.75, 3.05) is 6.61 Å². The minimum absolute atomic E-state index is 0.194. The van der Waals surface area contributed by atoms with Crippen molar-refractivity contribution in [2.24, 2.45) is 0 Å². The zero-order chi connectivity index (χ0) is 14.1. The Hall–Kier alpha value is -0.440. The summed E-state index contributed by atoms with van der Waals surface area (Å²) < 4.78 is 3.31. The summed E-state index contributed by atoms with van der Waals surface area (Å²) in [5, 5.41) is 0. The fourth-order valence-electron chi connectivity index (χ4n) is 1.65. The van der Waals surface area contributed by atoms with Gasteiger partial charge in [0.2, 0.25) is 3.79 Å². The van der Waals surface area contributed by atoms with Crippen molar-refractivity contribution in [1.82, 2.24) is 0 Å². The van der Waals surface area contributed by atoms with Crippen molar-refractivity contribution in [3.8, 4) is 0 Å². The van der Waals surface area contributed by atoms with Crippen LogP contribution in [-0.2, 0) is 16.0 Å². The standard InChI is InChI=1S/C14H17Cl3O2/c15-14(16,17)11-19-13(18)10-6-2-5-9-12-7-3-1-4-8-12/h1,3-4,7-8H,2,5-6,9-11H2. The van der Waals surface area contributed by atoms with E-state index in [4.69, 9.17) is 39.5 Å². The van der Waals surface area contributed by atoms with Gasteiger partial charge in [-0.25, -0.2) is 0 Å². The number of esters is 1. The maximum atomic E-state index is 11.3. The van der Waals surface area contributed by atoms with E-state index in [1.807, 2.05) is 18.2 Å². The van der Waals surface area contributed by atoms with Gasteiger partial charge in [-0.1, -0.05) is 71.6 Å². The summed E-state index contributed by atoms with van der Waals surface area (Å²) in [5.74, 6) is -0.314. The Morgan fingerprint density at radius 3 is 2.37 bits per heavy atom. The second-order valence-electron chi connectivity index (χ2n) is 4.32. The first-order chi connectivity index (χ1) is 8.97. The van der Waals surface area contributed by atoms with E-state index in [-0.39, 0.29) is 12.6 Å². The van der Waals surface area contributed by atoms with Gasteiger partial charge in [0.05, 0.1) is 0 Å². The van der Waals surface area contributed by atoms with Crippen LogP contribution < -0.4 is 0 Å². The summed E-state index contributed by atoms with van der Waals surface area (Å²) in [4.78, 5) is 11.3. The molecule has 0 radical (unpaired) electrons. The highest BCUT2D eigenvalue weighted by atomic mass is 35.6. The van der Waals surface area contributed by atoms with E-state index < -0.39 is 3.79 Å². The molecule has 0 fully saturated rings. The Balaban J connectivity index is 2.03. The third-order valence-electron chi connectivity index (χ3n) is 2.59. The van der Waals surface area contributed by atoms with Crippen LogP contribution in [0.5, 0.6) is 0 Å². The molecule has 0 saturated carbocycles. The molecule has 1 rings (SSSR count). The number of alkyl halides is 3. The van der Waals surface area contributed by atoms with Crippen molar-refractivity contribution in [3.05, 3.63) is 35.9 Å². The highest BCUT2D eigenvalue weighted by Gasteiger charge is 2.21. The Kier molecular flexibility index (Phi) is 7.59. The van der Waals surface area contributed by atoms with E-state index in [0.717, 1.165) is 25.7 Å². The first-order valence-electron chi connectivity index (χ1n) is 6.24. The van der Waals surface area contributed by atoms with Gasteiger partial charge in [-0.2, -0.15) is 0 Å². The molecule has 0 amide bonds. The van der Waals surface area contributed by atoms with Gasteiger partial charge in [-0.05, 0) is 24.8 Å². The topological polar surface area (TPSA) is 26.3 Å². The quantitative estimate of drug-likeness (QED) is 0.413. The monoisotopic (exact) mass is 322 g/mol. The third kappa shape index (κ3) is 9.15. The van der Waals surface area contributed by atoms with Crippen LogP contribution in [0.15, 0.2) is 30.3 Å². The number of aryl methyl sites for hydroxylation is 1. The zero-order valence-electron chi connectivity index (χ0n) is 10.6. The van der Waals surface area contributed by atoms with Crippen molar-refractivity contribution in [3.63, 3.8) is 0 Å². The lowest BCUT2D eigenvalue weighted by atomic mass is 10.1. The number of hydrogen-bond donors (Lipinski definition) is 0. The number of benzene rings is 1.